The number of hydrogen-bond acceptors (Lipinski definition) is 4. The predicted molar refractivity (Wildman–Crippen MR) is 87.0 cm³/mol. The van der Waals surface area contributed by atoms with E-state index in [9.17, 15) is 4.79 Å². The maximum absolute atomic E-state index is 12.7. The van der Waals surface area contributed by atoms with Crippen molar-refractivity contribution in [1.29, 1.82) is 0 Å². The van der Waals surface area contributed by atoms with Crippen LogP contribution in [-0.4, -0.2) is 43.1 Å². The van der Waals surface area contributed by atoms with Crippen molar-refractivity contribution in [1.82, 2.24) is 10.2 Å². The van der Waals surface area contributed by atoms with Crippen LogP contribution in [0.1, 0.15) is 31.4 Å². The molecule has 0 spiro atoms. The smallest absolute Gasteiger partial charge is 0.225 e. The lowest BCUT2D eigenvalue weighted by Gasteiger charge is -2.39. The van der Waals surface area contributed by atoms with E-state index in [1.807, 2.05) is 4.90 Å². The highest BCUT2D eigenvalue weighted by molar-refractivity contribution is 7.07. The van der Waals surface area contributed by atoms with Gasteiger partial charge < -0.3 is 15.0 Å². The molecule has 0 aliphatic carbocycles. The fraction of sp³-hybridized carbons (Fsp3) is 0.667. The van der Waals surface area contributed by atoms with Crippen molar-refractivity contribution < 1.29 is 9.53 Å². The van der Waals surface area contributed by atoms with E-state index in [0.29, 0.717) is 12.5 Å². The lowest BCUT2D eigenvalue weighted by atomic mass is 9.95. The summed E-state index contributed by atoms with van der Waals surface area (Å²) in [5, 5.41) is 7.51. The average molecular weight is 331 g/mol. The number of nitrogens with one attached hydrogen (secondary N) is 1. The summed E-state index contributed by atoms with van der Waals surface area (Å²) < 4.78 is 6.00. The van der Waals surface area contributed by atoms with Gasteiger partial charge in [0.25, 0.3) is 0 Å². The molecule has 21 heavy (non-hydrogen) atoms. The highest BCUT2D eigenvalue weighted by Crippen LogP contribution is 2.28. The molecule has 6 heteroatoms. The molecule has 0 bridgehead atoms. The molecule has 118 valence electrons. The van der Waals surface area contributed by atoms with Gasteiger partial charge in [-0.15, -0.1) is 12.4 Å². The first-order chi connectivity index (χ1) is 9.74. The minimum atomic E-state index is 0. The summed E-state index contributed by atoms with van der Waals surface area (Å²) in [6, 6.07) is 2.10. The number of carbonyl (C=O) groups excluding carboxylic acids is 1. The van der Waals surface area contributed by atoms with Gasteiger partial charge in [-0.1, -0.05) is 0 Å². The molecular formula is C15H23ClN2O2S. The van der Waals surface area contributed by atoms with Gasteiger partial charge >= 0.3 is 0 Å². The van der Waals surface area contributed by atoms with Crippen LogP contribution in [0.15, 0.2) is 16.8 Å². The minimum absolute atomic E-state index is 0. The van der Waals surface area contributed by atoms with Gasteiger partial charge in [0.05, 0.1) is 12.6 Å². The van der Waals surface area contributed by atoms with E-state index in [-0.39, 0.29) is 30.5 Å². The molecular weight excluding hydrogens is 308 g/mol. The van der Waals surface area contributed by atoms with Crippen LogP contribution < -0.4 is 5.32 Å². The quantitative estimate of drug-likeness (QED) is 0.905. The zero-order valence-corrected chi connectivity index (χ0v) is 13.9. The van der Waals surface area contributed by atoms with Gasteiger partial charge in [0, 0.05) is 12.5 Å². The maximum Gasteiger partial charge on any atom is 0.225 e. The zero-order valence-electron chi connectivity index (χ0n) is 12.3. The van der Waals surface area contributed by atoms with Crippen molar-refractivity contribution >= 4 is 29.7 Å². The summed E-state index contributed by atoms with van der Waals surface area (Å²) in [5.74, 6) is 0.520. The second kappa shape index (κ2) is 7.58. The van der Waals surface area contributed by atoms with Crippen LogP contribution in [0.3, 0.4) is 0 Å². The molecule has 4 nitrogen and oxygen atoms in total. The summed E-state index contributed by atoms with van der Waals surface area (Å²) in [4.78, 5) is 14.7. The number of morpholine rings is 1. The first-order valence-corrected chi connectivity index (χ1v) is 8.35. The zero-order chi connectivity index (χ0) is 13.9. The molecule has 1 aromatic heterocycles. The molecule has 0 aromatic carbocycles. The highest BCUT2D eigenvalue weighted by atomic mass is 35.5. The molecule has 2 saturated heterocycles. The Bertz CT molecular complexity index is 449. The average Bonchev–Trinajstić information content (AvgIpc) is 3.01. The van der Waals surface area contributed by atoms with Crippen molar-refractivity contribution in [2.24, 2.45) is 5.92 Å². The maximum atomic E-state index is 12.7. The van der Waals surface area contributed by atoms with Crippen LogP contribution in [0.2, 0.25) is 0 Å². The fourth-order valence-corrected chi connectivity index (χ4v) is 3.80. The topological polar surface area (TPSA) is 41.6 Å². The summed E-state index contributed by atoms with van der Waals surface area (Å²) in [5.41, 5.74) is 1.20. The van der Waals surface area contributed by atoms with Gasteiger partial charge in [-0.25, -0.2) is 0 Å². The minimum Gasteiger partial charge on any atom is -0.367 e. The Kier molecular flexibility index (Phi) is 6.05. The van der Waals surface area contributed by atoms with Crippen molar-refractivity contribution in [3.8, 4) is 0 Å². The first kappa shape index (κ1) is 16.7. The Morgan fingerprint density at radius 2 is 2.14 bits per heavy atom. The van der Waals surface area contributed by atoms with Gasteiger partial charge in [0.2, 0.25) is 5.91 Å². The van der Waals surface area contributed by atoms with Crippen LogP contribution >= 0.6 is 23.7 Å². The monoisotopic (exact) mass is 330 g/mol. The van der Waals surface area contributed by atoms with Gasteiger partial charge in [0.15, 0.2) is 0 Å². The van der Waals surface area contributed by atoms with Crippen molar-refractivity contribution in [3.05, 3.63) is 22.4 Å². The molecule has 0 saturated carbocycles. The largest absolute Gasteiger partial charge is 0.367 e. The summed E-state index contributed by atoms with van der Waals surface area (Å²) in [6.07, 6.45) is 2.08. The third-order valence-corrected chi connectivity index (χ3v) is 4.88. The molecule has 2 aliphatic rings. The van der Waals surface area contributed by atoms with Crippen LogP contribution in [0.25, 0.3) is 0 Å². The van der Waals surface area contributed by atoms with Crippen molar-refractivity contribution in [3.63, 3.8) is 0 Å². The number of nitrogens with zero attached hydrogens (tertiary/aromatic N) is 1. The lowest BCUT2D eigenvalue weighted by molar-refractivity contribution is -0.149. The van der Waals surface area contributed by atoms with Gasteiger partial charge in [-0.3, -0.25) is 4.79 Å². The van der Waals surface area contributed by atoms with E-state index in [1.54, 1.807) is 11.3 Å². The number of thiophene rings is 1. The lowest BCUT2D eigenvalue weighted by Crippen LogP contribution is -2.49. The number of halogens is 1. The fourth-order valence-electron chi connectivity index (χ4n) is 3.10. The number of ether oxygens (including phenoxy) is 1. The summed E-state index contributed by atoms with van der Waals surface area (Å²) >= 11 is 1.68. The van der Waals surface area contributed by atoms with E-state index in [1.165, 1.54) is 5.56 Å². The molecule has 2 aliphatic heterocycles. The van der Waals surface area contributed by atoms with Crippen LogP contribution in [0.4, 0.5) is 0 Å². The standard InChI is InChI=1S/C15H22N2O2S.ClH/c1-11-8-17(15(18)12-2-5-16-6-3-12)9-14(19-11)13-4-7-20-10-13;/h4,7,10-12,14,16H,2-3,5-6,8-9H2,1H3;1H. The Morgan fingerprint density at radius 1 is 1.38 bits per heavy atom. The number of piperidine rings is 1. The molecule has 3 heterocycles. The van der Waals surface area contributed by atoms with Gasteiger partial charge in [0.1, 0.15) is 6.10 Å². The number of hydrogen-bond donors (Lipinski definition) is 1. The Morgan fingerprint density at radius 3 is 2.81 bits per heavy atom. The van der Waals surface area contributed by atoms with E-state index < -0.39 is 0 Å². The molecule has 3 rings (SSSR count). The van der Waals surface area contributed by atoms with Gasteiger partial charge in [-0.05, 0) is 55.2 Å². The summed E-state index contributed by atoms with van der Waals surface area (Å²) in [6.45, 7) is 5.41. The highest BCUT2D eigenvalue weighted by Gasteiger charge is 2.33. The van der Waals surface area contributed by atoms with Crippen LogP contribution in [-0.2, 0) is 9.53 Å². The SMILES string of the molecule is CC1CN(C(=O)C2CCNCC2)CC(c2ccsc2)O1.Cl. The third kappa shape index (κ3) is 3.97. The molecule has 1 amide bonds. The van der Waals surface area contributed by atoms with E-state index >= 15 is 0 Å². The molecule has 2 unspecified atom stereocenters. The Labute approximate surface area is 136 Å². The van der Waals surface area contributed by atoms with E-state index in [4.69, 9.17) is 4.74 Å². The normalized spacial score (nSPS) is 27.2. The summed E-state index contributed by atoms with van der Waals surface area (Å²) in [7, 11) is 0. The van der Waals surface area contributed by atoms with Crippen LogP contribution in [0.5, 0.6) is 0 Å². The number of amides is 1. The second-order valence-electron chi connectivity index (χ2n) is 5.76. The molecule has 2 atom stereocenters. The molecule has 2 fully saturated rings. The Balaban J connectivity index is 0.00000161. The van der Waals surface area contributed by atoms with E-state index in [0.717, 1.165) is 32.5 Å². The molecule has 1 N–H and O–H groups in total. The van der Waals surface area contributed by atoms with Crippen molar-refractivity contribution in [2.75, 3.05) is 26.2 Å². The van der Waals surface area contributed by atoms with E-state index in [2.05, 4.69) is 29.1 Å². The van der Waals surface area contributed by atoms with Crippen LogP contribution in [0, 0.1) is 5.92 Å². The Hall–Kier alpha value is -0.620. The third-order valence-electron chi connectivity index (χ3n) is 4.18. The number of carbonyl (C=O) groups is 1. The van der Waals surface area contributed by atoms with Gasteiger partial charge in [-0.2, -0.15) is 11.3 Å². The van der Waals surface area contributed by atoms with Crippen molar-refractivity contribution in [2.45, 2.75) is 32.0 Å². The molecule has 1 aromatic rings. The first-order valence-electron chi connectivity index (χ1n) is 7.41. The molecule has 0 radical (unpaired) electrons. The number of rotatable bonds is 2. The predicted octanol–water partition coefficient (Wildman–Crippen LogP) is 2.46. The second-order valence-corrected chi connectivity index (χ2v) is 6.54.